The molecule has 4 heterocycles. The molecule has 3 aliphatic rings. The first-order chi connectivity index (χ1) is 16.0. The Morgan fingerprint density at radius 1 is 1.27 bits per heavy atom. The molecule has 9 nitrogen and oxygen atoms in total. The Balaban J connectivity index is 1.31. The Kier molecular flexibility index (Phi) is 6.09. The number of anilines is 3. The number of hydrogen-bond acceptors (Lipinski definition) is 8. The second kappa shape index (κ2) is 9.16. The van der Waals surface area contributed by atoms with Crippen LogP contribution in [-0.4, -0.2) is 65.0 Å². The van der Waals surface area contributed by atoms with Crippen LogP contribution in [0.25, 0.3) is 0 Å². The van der Waals surface area contributed by atoms with Crippen molar-refractivity contribution in [2.45, 2.75) is 12.8 Å². The molecule has 172 valence electrons. The topological polar surface area (TPSA) is 108 Å². The second-order valence-corrected chi connectivity index (χ2v) is 10.3. The number of rotatable bonds is 5. The monoisotopic (exact) mass is 484 g/mol. The molecule has 0 bridgehead atoms. The predicted octanol–water partition coefficient (Wildman–Crippen LogP) is 1.90. The van der Waals surface area contributed by atoms with Gasteiger partial charge in [0.15, 0.2) is 5.13 Å². The van der Waals surface area contributed by atoms with Gasteiger partial charge in [-0.15, -0.1) is 11.3 Å². The predicted molar refractivity (Wildman–Crippen MR) is 130 cm³/mol. The number of thiazole rings is 1. The van der Waals surface area contributed by atoms with E-state index in [4.69, 9.17) is 0 Å². The van der Waals surface area contributed by atoms with Crippen molar-refractivity contribution in [1.29, 1.82) is 0 Å². The van der Waals surface area contributed by atoms with E-state index in [-0.39, 0.29) is 17.5 Å². The molecule has 1 unspecified atom stereocenters. The number of carbonyl (C=O) groups excluding carboxylic acids is 2. The van der Waals surface area contributed by atoms with Crippen molar-refractivity contribution < 1.29 is 13.8 Å². The van der Waals surface area contributed by atoms with Gasteiger partial charge in [0.25, 0.3) is 11.8 Å². The number of carbonyl (C=O) groups is 2. The summed E-state index contributed by atoms with van der Waals surface area (Å²) in [6.07, 6.45) is 8.18. The standard InChI is InChI=1S/C22H24N6O3S2/c1-33(31)15-3-2-14-12-28(21(30)16(14)10-15)22-26-18(13-32-22)20(29)25-17-11-24-5-4-19(17)27-8-6-23-7-9-27/h4-5,10-11,13,23H,2-3,6-9,12H2,1H3,(H,25,29). The minimum absolute atomic E-state index is 0.151. The summed E-state index contributed by atoms with van der Waals surface area (Å²) >= 11 is 1.27. The second-order valence-electron chi connectivity index (χ2n) is 8.07. The zero-order valence-electron chi connectivity index (χ0n) is 18.2. The minimum Gasteiger partial charge on any atom is -0.367 e. The van der Waals surface area contributed by atoms with Crippen LogP contribution in [0.4, 0.5) is 16.5 Å². The smallest absolute Gasteiger partial charge is 0.275 e. The van der Waals surface area contributed by atoms with Gasteiger partial charge in [-0.05, 0) is 30.6 Å². The lowest BCUT2D eigenvalue weighted by molar-refractivity contribution is -0.114. The summed E-state index contributed by atoms with van der Waals surface area (Å²) < 4.78 is 11.8. The number of nitrogens with zero attached hydrogens (tertiary/aromatic N) is 4. The normalized spacial score (nSPS) is 19.4. The van der Waals surface area contributed by atoms with Gasteiger partial charge >= 0.3 is 0 Å². The molecule has 2 aliphatic heterocycles. The van der Waals surface area contributed by atoms with Gasteiger partial charge < -0.3 is 15.5 Å². The number of piperazine rings is 1. The van der Waals surface area contributed by atoms with Crippen molar-refractivity contribution in [1.82, 2.24) is 15.3 Å². The Morgan fingerprint density at radius 3 is 2.88 bits per heavy atom. The van der Waals surface area contributed by atoms with Crippen molar-refractivity contribution in [3.63, 3.8) is 0 Å². The van der Waals surface area contributed by atoms with Gasteiger partial charge in [-0.25, -0.2) is 4.98 Å². The fourth-order valence-electron chi connectivity index (χ4n) is 4.25. The van der Waals surface area contributed by atoms with Crippen LogP contribution in [0.3, 0.4) is 0 Å². The molecule has 11 heteroatoms. The lowest BCUT2D eigenvalue weighted by atomic mass is 10.00. The maximum absolute atomic E-state index is 13.0. The van der Waals surface area contributed by atoms with Crippen molar-refractivity contribution >= 4 is 50.5 Å². The third-order valence-corrected chi connectivity index (χ3v) is 7.94. The fourth-order valence-corrected chi connectivity index (χ4v) is 5.73. The fraction of sp³-hybridized carbons (Fsp3) is 0.364. The van der Waals surface area contributed by atoms with E-state index in [1.54, 1.807) is 35.0 Å². The summed E-state index contributed by atoms with van der Waals surface area (Å²) in [5, 5.41) is 8.41. The maximum atomic E-state index is 13.0. The lowest BCUT2D eigenvalue weighted by Gasteiger charge is -2.30. The largest absolute Gasteiger partial charge is 0.367 e. The minimum atomic E-state index is -1.08. The Bertz CT molecular complexity index is 1200. The summed E-state index contributed by atoms with van der Waals surface area (Å²) in [6, 6.07) is 1.90. The van der Waals surface area contributed by atoms with Crippen molar-refractivity contribution in [2.75, 3.05) is 54.1 Å². The SMILES string of the molecule is CS(=O)C1=CC2=C(CC1)CN(c1nc(C(=O)Nc3cnccc3N3CCNCC3)cs1)C2=O. The summed E-state index contributed by atoms with van der Waals surface area (Å²) in [4.78, 5) is 39.1. The average Bonchev–Trinajstić information content (AvgIpc) is 3.45. The Hall–Kier alpha value is -2.89. The zero-order chi connectivity index (χ0) is 22.9. The molecular formula is C22H24N6O3S2. The van der Waals surface area contributed by atoms with E-state index >= 15 is 0 Å². The molecule has 2 aromatic heterocycles. The number of pyridine rings is 1. The third kappa shape index (κ3) is 4.35. The van der Waals surface area contributed by atoms with E-state index in [0.29, 0.717) is 29.4 Å². The molecule has 0 aromatic carbocycles. The highest BCUT2D eigenvalue weighted by Gasteiger charge is 2.34. The highest BCUT2D eigenvalue weighted by molar-refractivity contribution is 7.88. The average molecular weight is 485 g/mol. The number of hydrogen-bond donors (Lipinski definition) is 2. The molecule has 2 N–H and O–H groups in total. The Labute approximate surface area is 198 Å². The Morgan fingerprint density at radius 2 is 2.09 bits per heavy atom. The van der Waals surface area contributed by atoms with Crippen LogP contribution < -0.4 is 20.4 Å². The molecule has 33 heavy (non-hydrogen) atoms. The zero-order valence-corrected chi connectivity index (χ0v) is 19.8. The molecule has 0 radical (unpaired) electrons. The number of nitrogens with one attached hydrogen (secondary N) is 2. The van der Waals surface area contributed by atoms with Crippen LogP contribution in [0.5, 0.6) is 0 Å². The molecule has 5 rings (SSSR count). The first-order valence-electron chi connectivity index (χ1n) is 10.8. The first kappa shape index (κ1) is 21.9. The number of amides is 2. The third-order valence-electron chi connectivity index (χ3n) is 6.01. The quantitative estimate of drug-likeness (QED) is 0.667. The van der Waals surface area contributed by atoms with Gasteiger partial charge in [-0.1, -0.05) is 0 Å². The molecule has 2 amide bonds. The highest BCUT2D eigenvalue weighted by Crippen LogP contribution is 2.35. The van der Waals surface area contributed by atoms with Crippen LogP contribution >= 0.6 is 11.3 Å². The highest BCUT2D eigenvalue weighted by atomic mass is 32.2. The van der Waals surface area contributed by atoms with Gasteiger partial charge in [0.2, 0.25) is 0 Å². The first-order valence-corrected chi connectivity index (χ1v) is 13.2. The van der Waals surface area contributed by atoms with Crippen molar-refractivity contribution in [3.05, 3.63) is 51.7 Å². The molecule has 1 fully saturated rings. The summed E-state index contributed by atoms with van der Waals surface area (Å²) in [5.74, 6) is -0.489. The molecular weight excluding hydrogens is 460 g/mol. The lowest BCUT2D eigenvalue weighted by Crippen LogP contribution is -2.43. The number of aromatic nitrogens is 2. The van der Waals surface area contributed by atoms with E-state index in [1.165, 1.54) is 11.3 Å². The van der Waals surface area contributed by atoms with Gasteiger partial charge in [-0.3, -0.25) is 23.7 Å². The van der Waals surface area contributed by atoms with Crippen molar-refractivity contribution in [3.8, 4) is 0 Å². The van der Waals surface area contributed by atoms with E-state index in [0.717, 1.165) is 48.8 Å². The molecule has 0 saturated carbocycles. The van der Waals surface area contributed by atoms with Crippen LogP contribution in [0, 0.1) is 0 Å². The van der Waals surface area contributed by atoms with Crippen LogP contribution in [-0.2, 0) is 15.6 Å². The van der Waals surface area contributed by atoms with E-state index < -0.39 is 10.8 Å². The van der Waals surface area contributed by atoms with Crippen LogP contribution in [0.1, 0.15) is 23.3 Å². The molecule has 0 spiro atoms. The molecule has 1 atom stereocenters. The molecule has 2 aromatic rings. The summed E-state index contributed by atoms with van der Waals surface area (Å²) in [7, 11) is -1.08. The van der Waals surface area contributed by atoms with E-state index in [2.05, 4.69) is 25.5 Å². The van der Waals surface area contributed by atoms with Crippen LogP contribution in [0.15, 0.2) is 46.0 Å². The van der Waals surface area contributed by atoms with E-state index in [9.17, 15) is 13.8 Å². The molecule has 1 aliphatic carbocycles. The van der Waals surface area contributed by atoms with Gasteiger partial charge in [0.1, 0.15) is 5.69 Å². The summed E-state index contributed by atoms with van der Waals surface area (Å²) in [6.45, 7) is 3.93. The number of allylic oxidation sites excluding steroid dienone is 1. The maximum Gasteiger partial charge on any atom is 0.275 e. The van der Waals surface area contributed by atoms with Gasteiger partial charge in [0, 0.05) is 65.3 Å². The van der Waals surface area contributed by atoms with Crippen molar-refractivity contribution in [2.24, 2.45) is 0 Å². The summed E-state index contributed by atoms with van der Waals surface area (Å²) in [5.41, 5.74) is 3.47. The van der Waals surface area contributed by atoms with Crippen LogP contribution in [0.2, 0.25) is 0 Å². The van der Waals surface area contributed by atoms with Gasteiger partial charge in [0.05, 0.1) is 24.1 Å². The van der Waals surface area contributed by atoms with E-state index in [1.807, 2.05) is 6.07 Å². The molecule has 1 saturated heterocycles. The van der Waals surface area contributed by atoms with Gasteiger partial charge in [-0.2, -0.15) is 0 Å².